The van der Waals surface area contributed by atoms with Crippen LogP contribution in [0.1, 0.15) is 52.1 Å². The van der Waals surface area contributed by atoms with Gasteiger partial charge in [0, 0.05) is 12.1 Å². The van der Waals surface area contributed by atoms with Crippen LogP contribution >= 0.6 is 0 Å². The number of hydrogen-bond donors (Lipinski definition) is 0. The molecule has 4 nitrogen and oxygen atoms in total. The lowest BCUT2D eigenvalue weighted by Crippen LogP contribution is -2.00. The maximum absolute atomic E-state index is 4.17. The molecule has 1 aliphatic rings. The molecule has 2 rings (SSSR count). The molecule has 1 aromatic rings. The highest BCUT2D eigenvalue weighted by Crippen LogP contribution is 2.38. The van der Waals surface area contributed by atoms with Crippen LogP contribution in [0.2, 0.25) is 0 Å². The molecule has 0 N–H and O–H groups in total. The fourth-order valence-corrected chi connectivity index (χ4v) is 1.61. The van der Waals surface area contributed by atoms with Gasteiger partial charge in [-0.15, -0.1) is 5.10 Å². The number of allylic oxidation sites excluding steroid dienone is 4. The Bertz CT molecular complexity index is 464. The van der Waals surface area contributed by atoms with Gasteiger partial charge in [-0.2, -0.15) is 0 Å². The van der Waals surface area contributed by atoms with Crippen LogP contribution in [-0.4, -0.2) is 21.7 Å². The summed E-state index contributed by atoms with van der Waals surface area (Å²) in [5.74, 6) is 0.644. The summed E-state index contributed by atoms with van der Waals surface area (Å²) in [6.07, 6.45) is 8.58. The first-order chi connectivity index (χ1) is 9.22. The molecule has 1 saturated carbocycles. The van der Waals surface area contributed by atoms with Crippen molar-refractivity contribution in [1.82, 2.24) is 15.0 Å². The van der Waals surface area contributed by atoms with Crippen molar-refractivity contribution in [3.63, 3.8) is 0 Å². The average Bonchev–Trinajstić information content (AvgIpc) is 3.20. The van der Waals surface area contributed by atoms with Crippen molar-refractivity contribution >= 4 is 6.72 Å². The summed E-state index contributed by atoms with van der Waals surface area (Å²) in [5, 5.41) is 8.29. The molecule has 0 bridgehead atoms. The number of rotatable bonds is 5. The third kappa shape index (κ3) is 4.81. The Morgan fingerprint density at radius 3 is 2.74 bits per heavy atom. The van der Waals surface area contributed by atoms with Gasteiger partial charge in [0.1, 0.15) is 0 Å². The van der Waals surface area contributed by atoms with Crippen molar-refractivity contribution in [3.05, 3.63) is 35.3 Å². The SMILES string of the molecule is C=N/C(=C\C(C)=C/C)Cn1cc(C2CC2)nn1.CC. The van der Waals surface area contributed by atoms with E-state index in [2.05, 4.69) is 22.0 Å². The van der Waals surface area contributed by atoms with Crippen LogP contribution in [0.15, 0.2) is 34.6 Å². The summed E-state index contributed by atoms with van der Waals surface area (Å²) >= 11 is 0. The fourth-order valence-electron chi connectivity index (χ4n) is 1.61. The summed E-state index contributed by atoms with van der Waals surface area (Å²) < 4.78 is 1.83. The Morgan fingerprint density at radius 2 is 2.21 bits per heavy atom. The number of nitrogens with zero attached hydrogens (tertiary/aromatic N) is 4. The number of aliphatic imine (C=N–C) groups is 1. The molecule has 0 spiro atoms. The zero-order valence-corrected chi connectivity index (χ0v) is 12.4. The molecule has 0 atom stereocenters. The minimum Gasteiger partial charge on any atom is -0.267 e. The van der Waals surface area contributed by atoms with Crippen LogP contribution in [0.5, 0.6) is 0 Å². The van der Waals surface area contributed by atoms with E-state index in [1.54, 1.807) is 0 Å². The van der Waals surface area contributed by atoms with Crippen molar-refractivity contribution in [2.75, 3.05) is 0 Å². The first-order valence-corrected chi connectivity index (χ1v) is 6.93. The highest BCUT2D eigenvalue weighted by molar-refractivity contribution is 5.32. The molecule has 0 amide bonds. The minimum atomic E-state index is 0.633. The van der Waals surface area contributed by atoms with Crippen molar-refractivity contribution in [1.29, 1.82) is 0 Å². The predicted octanol–water partition coefficient (Wildman–Crippen LogP) is 3.73. The molecule has 0 aromatic carbocycles. The smallest absolute Gasteiger partial charge is 0.0858 e. The van der Waals surface area contributed by atoms with Gasteiger partial charge < -0.3 is 0 Å². The van der Waals surface area contributed by atoms with Gasteiger partial charge in [0.2, 0.25) is 0 Å². The molecule has 1 aromatic heterocycles. The maximum Gasteiger partial charge on any atom is 0.0858 e. The van der Waals surface area contributed by atoms with Gasteiger partial charge in [-0.05, 0) is 39.5 Å². The Morgan fingerprint density at radius 1 is 1.53 bits per heavy atom. The van der Waals surface area contributed by atoms with E-state index < -0.39 is 0 Å². The van der Waals surface area contributed by atoms with Gasteiger partial charge in [-0.3, -0.25) is 4.99 Å². The van der Waals surface area contributed by atoms with E-state index in [1.165, 1.54) is 18.4 Å². The Hall–Kier alpha value is -1.71. The fraction of sp³-hybridized carbons (Fsp3) is 0.533. The third-order valence-electron chi connectivity index (χ3n) is 2.93. The van der Waals surface area contributed by atoms with Gasteiger partial charge in [-0.1, -0.05) is 30.7 Å². The van der Waals surface area contributed by atoms with Gasteiger partial charge in [0.15, 0.2) is 0 Å². The number of hydrogen-bond acceptors (Lipinski definition) is 3. The molecule has 0 unspecified atom stereocenters. The van der Waals surface area contributed by atoms with Gasteiger partial charge in [-0.25, -0.2) is 4.68 Å². The van der Waals surface area contributed by atoms with E-state index in [1.807, 2.05) is 50.7 Å². The lowest BCUT2D eigenvalue weighted by Gasteiger charge is -2.01. The first-order valence-electron chi connectivity index (χ1n) is 6.93. The van der Waals surface area contributed by atoms with E-state index in [9.17, 15) is 0 Å². The molecule has 4 heteroatoms. The summed E-state index contributed by atoms with van der Waals surface area (Å²) in [6.45, 7) is 12.3. The summed E-state index contributed by atoms with van der Waals surface area (Å²) in [5.41, 5.74) is 3.19. The molecular formula is C15H24N4. The van der Waals surface area contributed by atoms with Crippen LogP contribution < -0.4 is 0 Å². The van der Waals surface area contributed by atoms with Crippen LogP contribution in [-0.2, 0) is 6.54 Å². The highest BCUT2D eigenvalue weighted by atomic mass is 15.4. The quantitative estimate of drug-likeness (QED) is 0.598. The first kappa shape index (κ1) is 15.3. The second kappa shape index (κ2) is 7.67. The van der Waals surface area contributed by atoms with Crippen molar-refractivity contribution in [3.8, 4) is 0 Å². The molecule has 1 fully saturated rings. The van der Waals surface area contributed by atoms with Gasteiger partial charge in [0.25, 0.3) is 0 Å². The zero-order valence-electron chi connectivity index (χ0n) is 12.4. The van der Waals surface area contributed by atoms with Crippen molar-refractivity contribution < 1.29 is 0 Å². The summed E-state index contributed by atoms with van der Waals surface area (Å²) in [7, 11) is 0. The largest absolute Gasteiger partial charge is 0.267 e. The molecule has 0 radical (unpaired) electrons. The maximum atomic E-state index is 4.17. The molecule has 1 heterocycles. The standard InChI is InChI=1S/C13H18N4.C2H6/c1-4-10(2)7-12(14-3)8-17-9-13(15-16-17)11-5-6-11;1-2/h4,7,9,11H,3,5-6,8H2,1-2H3;1-2H3/b10-4-,12-7-;. The molecular weight excluding hydrogens is 236 g/mol. The molecule has 0 saturated heterocycles. The average molecular weight is 260 g/mol. The van der Waals surface area contributed by atoms with E-state index in [0.29, 0.717) is 12.5 Å². The van der Waals surface area contributed by atoms with Gasteiger partial charge >= 0.3 is 0 Å². The van der Waals surface area contributed by atoms with Crippen LogP contribution in [0.3, 0.4) is 0 Å². The lowest BCUT2D eigenvalue weighted by molar-refractivity contribution is 0.638. The van der Waals surface area contributed by atoms with Crippen LogP contribution in [0.4, 0.5) is 0 Å². The highest BCUT2D eigenvalue weighted by Gasteiger charge is 2.26. The van der Waals surface area contributed by atoms with Crippen LogP contribution in [0, 0.1) is 0 Å². The minimum absolute atomic E-state index is 0.633. The monoisotopic (exact) mass is 260 g/mol. The second-order valence-electron chi connectivity index (χ2n) is 4.44. The van der Waals surface area contributed by atoms with Crippen molar-refractivity contribution in [2.24, 2.45) is 4.99 Å². The Balaban J connectivity index is 0.000000861. The molecule has 19 heavy (non-hydrogen) atoms. The number of aromatic nitrogens is 3. The molecule has 104 valence electrons. The van der Waals surface area contributed by atoms with E-state index in [4.69, 9.17) is 0 Å². The van der Waals surface area contributed by atoms with E-state index in [-0.39, 0.29) is 0 Å². The van der Waals surface area contributed by atoms with Crippen molar-refractivity contribution in [2.45, 2.75) is 53.0 Å². The second-order valence-corrected chi connectivity index (χ2v) is 4.44. The predicted molar refractivity (Wildman–Crippen MR) is 80.4 cm³/mol. The zero-order chi connectivity index (χ0) is 14.3. The normalized spacial score (nSPS) is 15.8. The van der Waals surface area contributed by atoms with E-state index in [0.717, 1.165) is 11.4 Å². The van der Waals surface area contributed by atoms with Crippen LogP contribution in [0.25, 0.3) is 0 Å². The third-order valence-corrected chi connectivity index (χ3v) is 2.93. The van der Waals surface area contributed by atoms with E-state index >= 15 is 0 Å². The lowest BCUT2D eigenvalue weighted by atomic mass is 10.2. The Kier molecular flexibility index (Phi) is 6.19. The van der Waals surface area contributed by atoms with Gasteiger partial charge in [0.05, 0.1) is 17.9 Å². The summed E-state index contributed by atoms with van der Waals surface area (Å²) in [6, 6.07) is 0. The molecule has 1 aliphatic carbocycles. The summed E-state index contributed by atoms with van der Waals surface area (Å²) in [4.78, 5) is 4.02. The topological polar surface area (TPSA) is 43.1 Å². The Labute approximate surface area is 115 Å². The molecule has 0 aliphatic heterocycles.